The van der Waals surface area contributed by atoms with Crippen molar-refractivity contribution in [2.24, 2.45) is 0 Å². The minimum atomic E-state index is -0.697. The Bertz CT molecular complexity index is 697. The summed E-state index contributed by atoms with van der Waals surface area (Å²) in [4.78, 5) is 0. The van der Waals surface area contributed by atoms with Gasteiger partial charge in [-0.3, -0.25) is 0 Å². The van der Waals surface area contributed by atoms with Gasteiger partial charge in [-0.25, -0.2) is 0 Å². The fourth-order valence-corrected chi connectivity index (χ4v) is 2.63. The second-order valence-electron chi connectivity index (χ2n) is 7.80. The maximum Gasteiger partial charge on any atom is 0.163 e. The van der Waals surface area contributed by atoms with Crippen molar-refractivity contribution in [3.63, 3.8) is 0 Å². The summed E-state index contributed by atoms with van der Waals surface area (Å²) in [5.74, 6) is 0.991. The van der Waals surface area contributed by atoms with Gasteiger partial charge in [-0.15, -0.1) is 0 Å². The van der Waals surface area contributed by atoms with Gasteiger partial charge >= 0.3 is 0 Å². The molecule has 0 saturated carbocycles. The molecule has 2 heterocycles. The molecule has 4 rings (SSSR count). The monoisotopic (exact) mass is 400 g/mol. The van der Waals surface area contributed by atoms with E-state index in [1.165, 1.54) is 0 Å². The molecule has 6 heteroatoms. The first-order chi connectivity index (χ1) is 14.1. The molecular formula is C23H28O6. The zero-order chi connectivity index (χ0) is 20.1. The summed E-state index contributed by atoms with van der Waals surface area (Å²) < 4.78 is 33.5. The third-order valence-corrected chi connectivity index (χ3v) is 4.70. The molecule has 2 aliphatic heterocycles. The van der Waals surface area contributed by atoms with Gasteiger partial charge in [0, 0.05) is 0 Å². The maximum atomic E-state index is 5.96. The predicted molar refractivity (Wildman–Crippen MR) is 107 cm³/mol. The summed E-state index contributed by atoms with van der Waals surface area (Å²) in [5, 5.41) is 0. The van der Waals surface area contributed by atoms with Crippen LogP contribution in [0.5, 0.6) is 11.5 Å². The highest BCUT2D eigenvalue weighted by atomic mass is 16.7. The van der Waals surface area contributed by atoms with Gasteiger partial charge < -0.3 is 28.4 Å². The van der Waals surface area contributed by atoms with E-state index in [1.54, 1.807) is 0 Å². The smallest absolute Gasteiger partial charge is 0.163 e. The van der Waals surface area contributed by atoms with Crippen molar-refractivity contribution in [3.8, 4) is 11.5 Å². The summed E-state index contributed by atoms with van der Waals surface area (Å²) in [7, 11) is 0. The van der Waals surface area contributed by atoms with E-state index in [9.17, 15) is 0 Å². The van der Waals surface area contributed by atoms with E-state index in [4.69, 9.17) is 28.4 Å². The van der Waals surface area contributed by atoms with E-state index in [0.29, 0.717) is 26.4 Å². The van der Waals surface area contributed by atoms with E-state index >= 15 is 0 Å². The van der Waals surface area contributed by atoms with Gasteiger partial charge in [0.1, 0.15) is 36.9 Å². The highest BCUT2D eigenvalue weighted by Crippen LogP contribution is 2.21. The molecule has 2 fully saturated rings. The molecule has 0 aromatic heterocycles. The zero-order valence-corrected chi connectivity index (χ0v) is 17.0. The van der Waals surface area contributed by atoms with Crippen molar-refractivity contribution < 1.29 is 28.4 Å². The van der Waals surface area contributed by atoms with Crippen LogP contribution >= 0.6 is 0 Å². The second kappa shape index (κ2) is 9.13. The molecule has 0 radical (unpaired) electrons. The molecule has 0 spiro atoms. The Labute approximate surface area is 171 Å². The van der Waals surface area contributed by atoms with Crippen molar-refractivity contribution in [1.29, 1.82) is 0 Å². The minimum absolute atomic E-state index is 0.261. The number of hydrogen-bond donors (Lipinski definition) is 0. The predicted octanol–water partition coefficient (Wildman–Crippen LogP) is 3.71. The van der Waals surface area contributed by atoms with Crippen LogP contribution in [0.3, 0.4) is 0 Å². The SMILES string of the molecule is CC(C)(OCc1ccc(OCC2CO2)cc1)OCc1ccc(OCC2CO2)cc1. The van der Waals surface area contributed by atoms with Gasteiger partial charge in [0.2, 0.25) is 0 Å². The number of benzene rings is 2. The Hall–Kier alpha value is -2.12. The Balaban J connectivity index is 1.18. The molecule has 156 valence electrons. The lowest BCUT2D eigenvalue weighted by atomic mass is 10.2. The molecule has 0 amide bonds. The van der Waals surface area contributed by atoms with Crippen LogP contribution in [0.2, 0.25) is 0 Å². The normalized spacial score (nSPS) is 20.3. The molecule has 2 aliphatic rings. The van der Waals surface area contributed by atoms with Gasteiger partial charge in [-0.1, -0.05) is 24.3 Å². The van der Waals surface area contributed by atoms with Crippen LogP contribution in [0, 0.1) is 0 Å². The van der Waals surface area contributed by atoms with Crippen LogP contribution in [0.1, 0.15) is 25.0 Å². The highest BCUT2D eigenvalue weighted by molar-refractivity contribution is 5.27. The Morgan fingerprint density at radius 3 is 1.45 bits per heavy atom. The summed E-state index contributed by atoms with van der Waals surface area (Å²) in [6.45, 7) is 7.60. The molecule has 2 aromatic carbocycles. The molecule has 0 bridgehead atoms. The van der Waals surface area contributed by atoms with Crippen LogP contribution in [0.25, 0.3) is 0 Å². The van der Waals surface area contributed by atoms with Gasteiger partial charge in [0.05, 0.1) is 26.4 Å². The van der Waals surface area contributed by atoms with Crippen LogP contribution in [-0.4, -0.2) is 44.4 Å². The van der Waals surface area contributed by atoms with E-state index in [-0.39, 0.29) is 12.2 Å². The average Bonchev–Trinajstić information content (AvgIpc) is 3.64. The van der Waals surface area contributed by atoms with E-state index in [2.05, 4.69) is 0 Å². The van der Waals surface area contributed by atoms with Crippen molar-refractivity contribution in [2.45, 2.75) is 45.1 Å². The lowest BCUT2D eigenvalue weighted by Gasteiger charge is -2.26. The molecule has 6 nitrogen and oxygen atoms in total. The van der Waals surface area contributed by atoms with Crippen molar-refractivity contribution in [2.75, 3.05) is 26.4 Å². The van der Waals surface area contributed by atoms with Gasteiger partial charge in [-0.05, 0) is 49.2 Å². The third kappa shape index (κ3) is 7.01. The van der Waals surface area contributed by atoms with E-state index < -0.39 is 5.79 Å². The standard InChI is InChI=1S/C23H28O6/c1-23(2,28-11-17-3-7-19(8-4-17)24-13-21-15-26-21)29-12-18-5-9-20(10-6-18)25-14-22-16-27-22/h3-10,21-22H,11-16H2,1-2H3. The lowest BCUT2D eigenvalue weighted by Crippen LogP contribution is -2.28. The average molecular weight is 400 g/mol. The van der Waals surface area contributed by atoms with Gasteiger partial charge in [0.25, 0.3) is 0 Å². The molecule has 0 aliphatic carbocycles. The summed E-state index contributed by atoms with van der Waals surface area (Å²) >= 11 is 0. The van der Waals surface area contributed by atoms with Crippen molar-refractivity contribution in [3.05, 3.63) is 59.7 Å². The Morgan fingerprint density at radius 2 is 1.10 bits per heavy atom. The summed E-state index contributed by atoms with van der Waals surface area (Å²) in [6.07, 6.45) is 0.522. The van der Waals surface area contributed by atoms with Gasteiger partial charge in [0.15, 0.2) is 5.79 Å². The van der Waals surface area contributed by atoms with E-state index in [1.807, 2.05) is 62.4 Å². The largest absolute Gasteiger partial charge is 0.491 e. The zero-order valence-electron chi connectivity index (χ0n) is 17.0. The molecule has 2 unspecified atom stereocenters. The number of hydrogen-bond acceptors (Lipinski definition) is 6. The highest BCUT2D eigenvalue weighted by Gasteiger charge is 2.24. The Kier molecular flexibility index (Phi) is 6.35. The topological polar surface area (TPSA) is 62.0 Å². The van der Waals surface area contributed by atoms with E-state index in [0.717, 1.165) is 35.8 Å². The molecule has 0 N–H and O–H groups in total. The fourth-order valence-electron chi connectivity index (χ4n) is 2.63. The van der Waals surface area contributed by atoms with Crippen LogP contribution in [0.15, 0.2) is 48.5 Å². The first kappa shape index (κ1) is 20.2. The second-order valence-corrected chi connectivity index (χ2v) is 7.80. The van der Waals surface area contributed by atoms with Crippen molar-refractivity contribution in [1.82, 2.24) is 0 Å². The number of epoxide rings is 2. The lowest BCUT2D eigenvalue weighted by molar-refractivity contribution is -0.226. The molecule has 2 atom stereocenters. The van der Waals surface area contributed by atoms with Crippen molar-refractivity contribution >= 4 is 0 Å². The fraction of sp³-hybridized carbons (Fsp3) is 0.478. The molecule has 2 aromatic rings. The molecule has 2 saturated heterocycles. The van der Waals surface area contributed by atoms with Gasteiger partial charge in [-0.2, -0.15) is 0 Å². The first-order valence-corrected chi connectivity index (χ1v) is 10.0. The molecular weight excluding hydrogens is 372 g/mol. The number of rotatable bonds is 12. The minimum Gasteiger partial charge on any atom is -0.491 e. The number of ether oxygens (including phenoxy) is 6. The molecule has 29 heavy (non-hydrogen) atoms. The third-order valence-electron chi connectivity index (χ3n) is 4.70. The maximum absolute atomic E-state index is 5.96. The van der Waals surface area contributed by atoms with Crippen LogP contribution in [0.4, 0.5) is 0 Å². The van der Waals surface area contributed by atoms with Crippen LogP contribution < -0.4 is 9.47 Å². The quantitative estimate of drug-likeness (QED) is 0.400. The summed E-state index contributed by atoms with van der Waals surface area (Å²) in [6, 6.07) is 15.8. The summed E-state index contributed by atoms with van der Waals surface area (Å²) in [5.41, 5.74) is 2.13. The first-order valence-electron chi connectivity index (χ1n) is 10.0. The van der Waals surface area contributed by atoms with Crippen LogP contribution in [-0.2, 0) is 32.2 Å². The Morgan fingerprint density at radius 1 is 0.724 bits per heavy atom.